The normalized spacial score (nSPS) is 29.1. The first-order chi connectivity index (χ1) is 10.3. The van der Waals surface area contributed by atoms with E-state index >= 15 is 0 Å². The van der Waals surface area contributed by atoms with Crippen molar-refractivity contribution in [3.8, 4) is 0 Å². The van der Waals surface area contributed by atoms with Gasteiger partial charge in [-0.25, -0.2) is 0 Å². The molecule has 0 amide bonds. The van der Waals surface area contributed by atoms with Gasteiger partial charge in [-0.1, -0.05) is 18.6 Å². The van der Waals surface area contributed by atoms with Crippen molar-refractivity contribution in [1.29, 1.82) is 0 Å². The van der Waals surface area contributed by atoms with Crippen molar-refractivity contribution >= 4 is 11.0 Å². The Morgan fingerprint density at radius 2 is 2.10 bits per heavy atom. The Bertz CT molecular complexity index is 634. The van der Waals surface area contributed by atoms with E-state index in [1.807, 2.05) is 0 Å². The van der Waals surface area contributed by atoms with Crippen LogP contribution in [0.3, 0.4) is 0 Å². The first-order valence-corrected chi connectivity index (χ1v) is 8.22. The zero-order chi connectivity index (χ0) is 14.2. The first-order valence-electron chi connectivity index (χ1n) is 8.22. The molecule has 0 spiro atoms. The van der Waals surface area contributed by atoms with Gasteiger partial charge in [0.25, 0.3) is 0 Å². The number of nitrogens with zero attached hydrogens (tertiary/aromatic N) is 2. The fourth-order valence-corrected chi connectivity index (χ4v) is 4.66. The topological polar surface area (TPSA) is 37.8 Å². The maximum Gasteiger partial charge on any atom is 0.0934 e. The van der Waals surface area contributed by atoms with Crippen LogP contribution < -0.4 is 5.32 Å². The number of aromatic nitrogens is 2. The van der Waals surface area contributed by atoms with Gasteiger partial charge in [0.05, 0.1) is 11.0 Å². The van der Waals surface area contributed by atoms with E-state index < -0.39 is 0 Å². The number of nitrogens with one attached hydrogen (secondary N) is 1. The summed E-state index contributed by atoms with van der Waals surface area (Å²) in [5, 5.41) is 3.53. The Kier molecular flexibility index (Phi) is 3.38. The molecule has 0 aliphatic heterocycles. The van der Waals surface area contributed by atoms with Gasteiger partial charge in [-0.05, 0) is 62.1 Å². The molecule has 2 saturated carbocycles. The fourth-order valence-electron chi connectivity index (χ4n) is 4.66. The molecule has 0 saturated heterocycles. The summed E-state index contributed by atoms with van der Waals surface area (Å²) < 4.78 is 0. The van der Waals surface area contributed by atoms with E-state index in [-0.39, 0.29) is 0 Å². The number of hydrogen-bond donors (Lipinski definition) is 1. The number of para-hydroxylation sites is 1. The van der Waals surface area contributed by atoms with Gasteiger partial charge in [-0.15, -0.1) is 0 Å². The Morgan fingerprint density at radius 1 is 1.19 bits per heavy atom. The minimum atomic E-state index is 0.398. The highest BCUT2D eigenvalue weighted by atomic mass is 14.9. The summed E-state index contributed by atoms with van der Waals surface area (Å²) in [6.07, 6.45) is 10.7. The summed E-state index contributed by atoms with van der Waals surface area (Å²) in [7, 11) is 2.08. The average Bonchev–Trinajstić information content (AvgIpc) is 3.15. The van der Waals surface area contributed by atoms with E-state index in [1.165, 1.54) is 37.7 Å². The second kappa shape index (κ2) is 5.38. The Morgan fingerprint density at radius 3 is 2.86 bits per heavy atom. The number of rotatable bonds is 4. The fraction of sp³-hybridized carbons (Fsp3) is 0.556. The SMILES string of the molecule is CNC(CC1CC2CCC1C2)c1cccc2nccnc12. The van der Waals surface area contributed by atoms with Crippen LogP contribution in [0.2, 0.25) is 0 Å². The van der Waals surface area contributed by atoms with E-state index in [1.54, 1.807) is 12.4 Å². The predicted molar refractivity (Wildman–Crippen MR) is 84.9 cm³/mol. The quantitative estimate of drug-likeness (QED) is 0.928. The van der Waals surface area contributed by atoms with Gasteiger partial charge in [-0.2, -0.15) is 0 Å². The molecule has 110 valence electrons. The van der Waals surface area contributed by atoms with Gasteiger partial charge in [0.2, 0.25) is 0 Å². The largest absolute Gasteiger partial charge is 0.313 e. The van der Waals surface area contributed by atoms with E-state index in [0.29, 0.717) is 6.04 Å². The highest BCUT2D eigenvalue weighted by Gasteiger charge is 2.40. The Labute approximate surface area is 126 Å². The molecule has 1 heterocycles. The smallest absolute Gasteiger partial charge is 0.0934 e. The average molecular weight is 281 g/mol. The van der Waals surface area contributed by atoms with Crippen LogP contribution >= 0.6 is 0 Å². The molecule has 2 aliphatic carbocycles. The lowest BCUT2D eigenvalue weighted by atomic mass is 9.82. The molecule has 4 atom stereocenters. The van der Waals surface area contributed by atoms with Crippen LogP contribution in [-0.4, -0.2) is 17.0 Å². The lowest BCUT2D eigenvalue weighted by molar-refractivity contribution is 0.284. The van der Waals surface area contributed by atoms with Crippen molar-refractivity contribution in [2.75, 3.05) is 7.05 Å². The highest BCUT2D eigenvalue weighted by Crippen LogP contribution is 2.51. The third kappa shape index (κ3) is 2.34. The van der Waals surface area contributed by atoms with Crippen molar-refractivity contribution in [2.45, 2.75) is 38.1 Å². The minimum absolute atomic E-state index is 0.398. The maximum absolute atomic E-state index is 4.57. The highest BCUT2D eigenvalue weighted by molar-refractivity contribution is 5.78. The van der Waals surface area contributed by atoms with Crippen molar-refractivity contribution in [2.24, 2.45) is 17.8 Å². The van der Waals surface area contributed by atoms with Crippen LogP contribution in [0.4, 0.5) is 0 Å². The van der Waals surface area contributed by atoms with Crippen molar-refractivity contribution in [3.63, 3.8) is 0 Å². The Balaban J connectivity index is 1.62. The lowest BCUT2D eigenvalue weighted by Gasteiger charge is -2.27. The number of fused-ring (bicyclic) bond motifs is 3. The molecule has 21 heavy (non-hydrogen) atoms. The van der Waals surface area contributed by atoms with Gasteiger partial charge in [0.1, 0.15) is 0 Å². The summed E-state index contributed by atoms with van der Waals surface area (Å²) in [6, 6.07) is 6.77. The monoisotopic (exact) mass is 281 g/mol. The van der Waals surface area contributed by atoms with Crippen LogP contribution in [0.15, 0.2) is 30.6 Å². The van der Waals surface area contributed by atoms with E-state index in [9.17, 15) is 0 Å². The molecule has 2 fully saturated rings. The molecule has 1 N–H and O–H groups in total. The van der Waals surface area contributed by atoms with Crippen molar-refractivity contribution < 1.29 is 0 Å². The molecule has 2 bridgehead atoms. The van der Waals surface area contributed by atoms with Crippen LogP contribution in [0, 0.1) is 17.8 Å². The standard InChI is InChI=1S/C18H23N3/c1-19-17(11-14-10-12-5-6-13(14)9-12)15-3-2-4-16-18(15)21-8-7-20-16/h2-4,7-8,12-14,17,19H,5-6,9-11H2,1H3. The molecule has 3 nitrogen and oxygen atoms in total. The second-order valence-electron chi connectivity index (χ2n) is 6.78. The third-order valence-corrected chi connectivity index (χ3v) is 5.68. The van der Waals surface area contributed by atoms with Crippen LogP contribution in [0.5, 0.6) is 0 Å². The summed E-state index contributed by atoms with van der Waals surface area (Å²) >= 11 is 0. The molecule has 1 aromatic heterocycles. The van der Waals surface area contributed by atoms with E-state index in [0.717, 1.165) is 28.8 Å². The predicted octanol–water partition coefficient (Wildman–Crippen LogP) is 3.72. The van der Waals surface area contributed by atoms with Gasteiger partial charge >= 0.3 is 0 Å². The van der Waals surface area contributed by atoms with Crippen LogP contribution in [-0.2, 0) is 0 Å². The zero-order valence-corrected chi connectivity index (χ0v) is 12.6. The first kappa shape index (κ1) is 13.2. The molecule has 1 aromatic carbocycles. The van der Waals surface area contributed by atoms with Gasteiger partial charge in [-0.3, -0.25) is 9.97 Å². The number of hydrogen-bond acceptors (Lipinski definition) is 3. The van der Waals surface area contributed by atoms with E-state index in [2.05, 4.69) is 40.5 Å². The van der Waals surface area contributed by atoms with Gasteiger partial charge in [0, 0.05) is 18.4 Å². The number of benzene rings is 1. The summed E-state index contributed by atoms with van der Waals surface area (Å²) in [4.78, 5) is 9.01. The molecule has 4 rings (SSSR count). The van der Waals surface area contributed by atoms with Crippen molar-refractivity contribution in [3.05, 3.63) is 36.2 Å². The molecule has 2 aromatic rings. The summed E-state index contributed by atoms with van der Waals surface area (Å²) in [5.41, 5.74) is 3.37. The summed E-state index contributed by atoms with van der Waals surface area (Å²) in [5.74, 6) is 2.89. The van der Waals surface area contributed by atoms with E-state index in [4.69, 9.17) is 0 Å². The molecule has 4 unspecified atom stereocenters. The van der Waals surface area contributed by atoms with Gasteiger partial charge < -0.3 is 5.32 Å². The molecule has 2 aliphatic rings. The summed E-state index contributed by atoms with van der Waals surface area (Å²) in [6.45, 7) is 0. The Hall–Kier alpha value is -1.48. The third-order valence-electron chi connectivity index (χ3n) is 5.68. The maximum atomic E-state index is 4.57. The van der Waals surface area contributed by atoms with Crippen molar-refractivity contribution in [1.82, 2.24) is 15.3 Å². The molecule has 0 radical (unpaired) electrons. The second-order valence-corrected chi connectivity index (χ2v) is 6.78. The van der Waals surface area contributed by atoms with Gasteiger partial charge in [0.15, 0.2) is 0 Å². The minimum Gasteiger partial charge on any atom is -0.313 e. The molecular formula is C18H23N3. The lowest BCUT2D eigenvalue weighted by Crippen LogP contribution is -2.23. The molecular weight excluding hydrogens is 258 g/mol. The molecule has 3 heteroatoms. The van der Waals surface area contributed by atoms with Crippen LogP contribution in [0.1, 0.15) is 43.7 Å². The zero-order valence-electron chi connectivity index (χ0n) is 12.6. The van der Waals surface area contributed by atoms with Crippen LogP contribution in [0.25, 0.3) is 11.0 Å².